The summed E-state index contributed by atoms with van der Waals surface area (Å²) in [7, 11) is 0. The lowest BCUT2D eigenvalue weighted by Gasteiger charge is -2.03. The first-order valence-electron chi connectivity index (χ1n) is 5.49. The molecule has 0 fully saturated rings. The molecule has 0 bridgehead atoms. The van der Waals surface area contributed by atoms with Gasteiger partial charge in [-0.05, 0) is 20.8 Å². The maximum atomic E-state index is 11.7. The number of hydrogen-bond acceptors (Lipinski definition) is 6. The first-order valence-corrected chi connectivity index (χ1v) is 6.37. The Kier molecular flexibility index (Phi) is 3.33. The molecule has 2 rings (SSSR count). The number of ether oxygens (including phenoxy) is 1. The fourth-order valence-corrected chi connectivity index (χ4v) is 2.45. The molecule has 0 amide bonds. The summed E-state index contributed by atoms with van der Waals surface area (Å²) in [6.45, 7) is 5.70. The lowest BCUT2D eigenvalue weighted by Crippen LogP contribution is -2.09. The molecule has 7 heteroatoms. The van der Waals surface area contributed by atoms with Crippen molar-refractivity contribution >= 4 is 23.1 Å². The summed E-state index contributed by atoms with van der Waals surface area (Å²) in [6, 6.07) is 0. The number of hydrogen-bond donors (Lipinski definition) is 1. The summed E-state index contributed by atoms with van der Waals surface area (Å²) in [5.74, 6) is 0.371. The molecule has 0 aliphatic rings. The highest BCUT2D eigenvalue weighted by molar-refractivity contribution is 7.12. The van der Waals surface area contributed by atoms with Crippen LogP contribution < -0.4 is 5.73 Å². The van der Waals surface area contributed by atoms with Crippen LogP contribution in [-0.4, -0.2) is 27.1 Å². The number of nitrogens with two attached hydrogens (primary N) is 1. The number of imidazole rings is 1. The molecule has 0 aliphatic heterocycles. The van der Waals surface area contributed by atoms with Gasteiger partial charge in [-0.1, -0.05) is 0 Å². The standard InChI is InChI=1S/C11H14N4O2S/c1-4-17-10(16)8-9(12)15(7(3)14-8)11-13-6(2)5-18-11/h5H,4,12H2,1-3H3. The molecule has 18 heavy (non-hydrogen) atoms. The van der Waals surface area contributed by atoms with Crippen molar-refractivity contribution < 1.29 is 9.53 Å². The average Bonchev–Trinajstić information content (AvgIpc) is 2.83. The molecular weight excluding hydrogens is 252 g/mol. The van der Waals surface area contributed by atoms with Gasteiger partial charge in [-0.25, -0.2) is 14.8 Å². The fraction of sp³-hybridized carbons (Fsp3) is 0.364. The van der Waals surface area contributed by atoms with Crippen LogP contribution in [0, 0.1) is 13.8 Å². The number of nitrogen functional groups attached to an aromatic ring is 1. The Hall–Kier alpha value is -1.89. The van der Waals surface area contributed by atoms with Gasteiger partial charge in [-0.15, -0.1) is 11.3 Å². The van der Waals surface area contributed by atoms with Crippen LogP contribution >= 0.6 is 11.3 Å². The highest BCUT2D eigenvalue weighted by Crippen LogP contribution is 2.23. The minimum absolute atomic E-state index is 0.141. The van der Waals surface area contributed by atoms with Crippen molar-refractivity contribution in [3.05, 3.63) is 22.6 Å². The largest absolute Gasteiger partial charge is 0.461 e. The first-order chi connectivity index (χ1) is 8.54. The maximum absolute atomic E-state index is 11.7. The zero-order valence-electron chi connectivity index (χ0n) is 10.4. The summed E-state index contributed by atoms with van der Waals surface area (Å²) in [6.07, 6.45) is 0. The molecule has 0 saturated heterocycles. The molecule has 0 saturated carbocycles. The van der Waals surface area contributed by atoms with Crippen LogP contribution in [0.4, 0.5) is 5.82 Å². The van der Waals surface area contributed by atoms with Crippen LogP contribution in [0.5, 0.6) is 0 Å². The van der Waals surface area contributed by atoms with Gasteiger partial charge in [-0.3, -0.25) is 4.57 Å². The molecule has 0 radical (unpaired) electrons. The summed E-state index contributed by atoms with van der Waals surface area (Å²) in [5.41, 5.74) is 6.99. The number of anilines is 1. The summed E-state index contributed by atoms with van der Waals surface area (Å²) < 4.78 is 6.56. The number of thiazole rings is 1. The molecule has 6 nitrogen and oxygen atoms in total. The Morgan fingerprint density at radius 3 is 2.78 bits per heavy atom. The number of carbonyl (C=O) groups excluding carboxylic acids is 1. The Morgan fingerprint density at radius 2 is 2.22 bits per heavy atom. The van der Waals surface area contributed by atoms with Crippen LogP contribution in [0.2, 0.25) is 0 Å². The lowest BCUT2D eigenvalue weighted by atomic mass is 10.4. The van der Waals surface area contributed by atoms with E-state index in [9.17, 15) is 4.79 Å². The molecule has 96 valence electrons. The zero-order valence-corrected chi connectivity index (χ0v) is 11.2. The zero-order chi connectivity index (χ0) is 13.3. The number of carbonyl (C=O) groups is 1. The van der Waals surface area contributed by atoms with Crippen molar-refractivity contribution in [3.63, 3.8) is 0 Å². The third-order valence-corrected chi connectivity index (χ3v) is 3.29. The summed E-state index contributed by atoms with van der Waals surface area (Å²) in [5, 5.41) is 2.61. The van der Waals surface area contributed by atoms with Gasteiger partial charge in [0.1, 0.15) is 11.6 Å². The van der Waals surface area contributed by atoms with E-state index in [1.54, 1.807) is 18.4 Å². The Labute approximate surface area is 108 Å². The second kappa shape index (κ2) is 4.77. The van der Waals surface area contributed by atoms with Gasteiger partial charge in [0.05, 0.1) is 12.3 Å². The van der Waals surface area contributed by atoms with E-state index < -0.39 is 5.97 Å². The lowest BCUT2D eigenvalue weighted by molar-refractivity contribution is 0.0521. The van der Waals surface area contributed by atoms with Crippen LogP contribution in [-0.2, 0) is 4.74 Å². The van der Waals surface area contributed by atoms with Gasteiger partial charge < -0.3 is 10.5 Å². The summed E-state index contributed by atoms with van der Waals surface area (Å²) >= 11 is 1.45. The Balaban J connectivity index is 2.47. The van der Waals surface area contributed by atoms with Crippen LogP contribution in [0.1, 0.15) is 28.9 Å². The van der Waals surface area contributed by atoms with E-state index in [4.69, 9.17) is 10.5 Å². The van der Waals surface area contributed by atoms with Crippen molar-refractivity contribution in [1.82, 2.24) is 14.5 Å². The van der Waals surface area contributed by atoms with Crippen molar-refractivity contribution in [2.75, 3.05) is 12.3 Å². The van der Waals surface area contributed by atoms with E-state index in [0.29, 0.717) is 17.6 Å². The smallest absolute Gasteiger partial charge is 0.360 e. The van der Waals surface area contributed by atoms with E-state index in [0.717, 1.165) is 5.69 Å². The predicted molar refractivity (Wildman–Crippen MR) is 69.1 cm³/mol. The maximum Gasteiger partial charge on any atom is 0.360 e. The molecule has 2 N–H and O–H groups in total. The highest BCUT2D eigenvalue weighted by Gasteiger charge is 2.21. The first kappa shape index (κ1) is 12.6. The minimum Gasteiger partial charge on any atom is -0.461 e. The quantitative estimate of drug-likeness (QED) is 0.855. The van der Waals surface area contributed by atoms with Gasteiger partial charge in [0.15, 0.2) is 10.8 Å². The van der Waals surface area contributed by atoms with Gasteiger partial charge in [0.2, 0.25) is 0 Å². The molecule has 2 heterocycles. The number of esters is 1. The topological polar surface area (TPSA) is 83.0 Å². The molecule has 0 aromatic carbocycles. The number of nitrogens with zero attached hydrogens (tertiary/aromatic N) is 3. The summed E-state index contributed by atoms with van der Waals surface area (Å²) in [4.78, 5) is 20.1. The number of rotatable bonds is 3. The van der Waals surface area contributed by atoms with E-state index in [1.165, 1.54) is 11.3 Å². The molecule has 2 aromatic rings. The fourth-order valence-electron chi connectivity index (χ4n) is 1.58. The third-order valence-electron chi connectivity index (χ3n) is 2.35. The molecule has 0 atom stereocenters. The normalized spacial score (nSPS) is 10.6. The second-order valence-electron chi connectivity index (χ2n) is 3.72. The average molecular weight is 266 g/mol. The number of aromatic nitrogens is 3. The van der Waals surface area contributed by atoms with Crippen molar-refractivity contribution in [2.45, 2.75) is 20.8 Å². The Morgan fingerprint density at radius 1 is 1.50 bits per heavy atom. The van der Waals surface area contributed by atoms with E-state index in [1.807, 2.05) is 12.3 Å². The van der Waals surface area contributed by atoms with Crippen molar-refractivity contribution in [1.29, 1.82) is 0 Å². The van der Waals surface area contributed by atoms with Crippen LogP contribution in [0.15, 0.2) is 5.38 Å². The number of aryl methyl sites for hydroxylation is 2. The van der Waals surface area contributed by atoms with Gasteiger partial charge in [-0.2, -0.15) is 0 Å². The highest BCUT2D eigenvalue weighted by atomic mass is 32.1. The van der Waals surface area contributed by atoms with E-state index in [2.05, 4.69) is 9.97 Å². The molecule has 0 spiro atoms. The SMILES string of the molecule is CCOC(=O)c1nc(C)n(-c2nc(C)cs2)c1N. The van der Waals surface area contributed by atoms with Crippen LogP contribution in [0.25, 0.3) is 5.13 Å². The monoisotopic (exact) mass is 266 g/mol. The molecule has 2 aromatic heterocycles. The minimum atomic E-state index is -0.509. The second-order valence-corrected chi connectivity index (χ2v) is 4.56. The Bertz CT molecular complexity index is 588. The van der Waals surface area contributed by atoms with Crippen molar-refractivity contribution in [2.24, 2.45) is 0 Å². The van der Waals surface area contributed by atoms with Gasteiger partial charge in [0, 0.05) is 5.38 Å². The third kappa shape index (κ3) is 2.08. The van der Waals surface area contributed by atoms with Crippen LogP contribution in [0.3, 0.4) is 0 Å². The predicted octanol–water partition coefficient (Wildman–Crippen LogP) is 1.70. The molecule has 0 unspecified atom stereocenters. The van der Waals surface area contributed by atoms with E-state index >= 15 is 0 Å². The molecular formula is C11H14N4O2S. The molecule has 0 aliphatic carbocycles. The van der Waals surface area contributed by atoms with Crippen molar-refractivity contribution in [3.8, 4) is 5.13 Å². The van der Waals surface area contributed by atoms with Gasteiger partial charge >= 0.3 is 5.97 Å². The van der Waals surface area contributed by atoms with Gasteiger partial charge in [0.25, 0.3) is 0 Å². The van der Waals surface area contributed by atoms with E-state index in [-0.39, 0.29) is 11.5 Å².